The van der Waals surface area contributed by atoms with Crippen LogP contribution in [0.2, 0.25) is 5.02 Å². The van der Waals surface area contributed by atoms with Crippen molar-refractivity contribution < 1.29 is 9.53 Å². The van der Waals surface area contributed by atoms with E-state index in [1.807, 2.05) is 48.5 Å². The molecule has 1 fully saturated rings. The number of piperidine rings is 1. The quantitative estimate of drug-likeness (QED) is 0.832. The average Bonchev–Trinajstić information content (AvgIpc) is 2.62. The predicted molar refractivity (Wildman–Crippen MR) is 100.0 cm³/mol. The van der Waals surface area contributed by atoms with E-state index in [2.05, 4.69) is 10.6 Å². The Kier molecular flexibility index (Phi) is 6.31. The molecule has 2 N–H and O–H groups in total. The second kappa shape index (κ2) is 8.88. The number of amides is 1. The highest BCUT2D eigenvalue weighted by atomic mass is 35.5. The van der Waals surface area contributed by atoms with E-state index < -0.39 is 0 Å². The van der Waals surface area contributed by atoms with Gasteiger partial charge in [0.2, 0.25) is 5.91 Å². The van der Waals surface area contributed by atoms with Crippen LogP contribution in [-0.2, 0) is 17.8 Å². The van der Waals surface area contributed by atoms with Crippen LogP contribution in [0.3, 0.4) is 0 Å². The summed E-state index contributed by atoms with van der Waals surface area (Å²) in [6, 6.07) is 15.5. The van der Waals surface area contributed by atoms with Gasteiger partial charge in [0.15, 0.2) is 0 Å². The maximum absolute atomic E-state index is 12.2. The van der Waals surface area contributed by atoms with E-state index in [9.17, 15) is 4.79 Å². The Morgan fingerprint density at radius 3 is 2.80 bits per heavy atom. The minimum absolute atomic E-state index is 0.0588. The van der Waals surface area contributed by atoms with Crippen LogP contribution in [0.5, 0.6) is 5.75 Å². The van der Waals surface area contributed by atoms with E-state index in [4.69, 9.17) is 16.3 Å². The Labute approximate surface area is 153 Å². The first-order chi connectivity index (χ1) is 12.2. The van der Waals surface area contributed by atoms with Crippen molar-refractivity contribution in [2.75, 3.05) is 13.1 Å². The van der Waals surface area contributed by atoms with Crippen molar-refractivity contribution in [1.29, 1.82) is 0 Å². The average molecular weight is 359 g/mol. The van der Waals surface area contributed by atoms with Gasteiger partial charge >= 0.3 is 0 Å². The summed E-state index contributed by atoms with van der Waals surface area (Å²) in [4.78, 5) is 12.2. The molecular formula is C20H23ClN2O2. The molecule has 1 aliphatic rings. The number of hydrogen-bond donors (Lipinski definition) is 2. The molecule has 0 saturated carbocycles. The van der Waals surface area contributed by atoms with E-state index in [1.54, 1.807) is 0 Å². The first kappa shape index (κ1) is 17.8. The summed E-state index contributed by atoms with van der Waals surface area (Å²) in [5, 5.41) is 7.11. The molecule has 2 aromatic rings. The first-order valence-corrected chi connectivity index (χ1v) is 9.03. The molecule has 1 amide bonds. The van der Waals surface area contributed by atoms with Gasteiger partial charge in [-0.15, -0.1) is 0 Å². The Hall–Kier alpha value is -2.04. The topological polar surface area (TPSA) is 50.4 Å². The van der Waals surface area contributed by atoms with Crippen molar-refractivity contribution >= 4 is 17.5 Å². The fraction of sp³-hybridized carbons (Fsp3) is 0.350. The lowest BCUT2D eigenvalue weighted by atomic mass is 10.1. The van der Waals surface area contributed by atoms with Crippen LogP contribution in [0.1, 0.15) is 24.0 Å². The Morgan fingerprint density at radius 2 is 2.04 bits per heavy atom. The van der Waals surface area contributed by atoms with Crippen LogP contribution >= 0.6 is 11.6 Å². The van der Waals surface area contributed by atoms with Gasteiger partial charge in [-0.1, -0.05) is 35.9 Å². The molecule has 1 atom stereocenters. The number of rotatable bonds is 6. The number of halogens is 1. The van der Waals surface area contributed by atoms with E-state index >= 15 is 0 Å². The summed E-state index contributed by atoms with van der Waals surface area (Å²) in [5.41, 5.74) is 2.01. The van der Waals surface area contributed by atoms with Gasteiger partial charge in [-0.2, -0.15) is 0 Å². The lowest BCUT2D eigenvalue weighted by molar-refractivity contribution is -0.121. The second-order valence-corrected chi connectivity index (χ2v) is 6.79. The molecule has 0 bridgehead atoms. The van der Waals surface area contributed by atoms with Gasteiger partial charge in [-0.25, -0.2) is 0 Å². The summed E-state index contributed by atoms with van der Waals surface area (Å²) < 4.78 is 5.82. The largest absolute Gasteiger partial charge is 0.489 e. The van der Waals surface area contributed by atoms with Gasteiger partial charge in [-0.05, 0) is 54.8 Å². The Bertz CT molecular complexity index is 697. The second-order valence-electron chi connectivity index (χ2n) is 6.35. The van der Waals surface area contributed by atoms with Gasteiger partial charge in [-0.3, -0.25) is 4.79 Å². The minimum Gasteiger partial charge on any atom is -0.489 e. The molecule has 1 unspecified atom stereocenters. The van der Waals surface area contributed by atoms with E-state index in [0.29, 0.717) is 18.1 Å². The number of benzene rings is 2. The van der Waals surface area contributed by atoms with Gasteiger partial charge in [0, 0.05) is 17.6 Å². The van der Waals surface area contributed by atoms with Crippen molar-refractivity contribution in [3.63, 3.8) is 0 Å². The smallest absolute Gasteiger partial charge is 0.224 e. The number of carbonyl (C=O) groups is 1. The van der Waals surface area contributed by atoms with Gasteiger partial charge in [0.05, 0.1) is 6.42 Å². The monoisotopic (exact) mass is 358 g/mol. The number of nitrogens with one attached hydrogen (secondary N) is 2. The normalized spacial score (nSPS) is 17.1. The lowest BCUT2D eigenvalue weighted by Crippen LogP contribution is -2.46. The van der Waals surface area contributed by atoms with Crippen LogP contribution in [0, 0.1) is 0 Å². The molecule has 3 rings (SSSR count). The molecule has 1 aliphatic heterocycles. The van der Waals surface area contributed by atoms with Gasteiger partial charge in [0.25, 0.3) is 0 Å². The highest BCUT2D eigenvalue weighted by Crippen LogP contribution is 2.17. The van der Waals surface area contributed by atoms with Gasteiger partial charge in [0.1, 0.15) is 12.4 Å². The number of carbonyl (C=O) groups excluding carboxylic acids is 1. The van der Waals surface area contributed by atoms with Crippen molar-refractivity contribution in [3.8, 4) is 5.75 Å². The highest BCUT2D eigenvalue weighted by molar-refractivity contribution is 6.30. The maximum atomic E-state index is 12.2. The third-order valence-corrected chi connectivity index (χ3v) is 4.50. The zero-order chi connectivity index (χ0) is 17.5. The summed E-state index contributed by atoms with van der Waals surface area (Å²) in [6.07, 6.45) is 2.52. The van der Waals surface area contributed by atoms with Crippen molar-refractivity contribution in [2.45, 2.75) is 31.9 Å². The molecule has 0 radical (unpaired) electrons. The third-order valence-electron chi connectivity index (χ3n) is 4.24. The molecule has 4 nitrogen and oxygen atoms in total. The van der Waals surface area contributed by atoms with E-state index in [1.165, 1.54) is 0 Å². The first-order valence-electron chi connectivity index (χ1n) is 8.65. The van der Waals surface area contributed by atoms with Crippen molar-refractivity contribution in [3.05, 3.63) is 64.7 Å². The molecule has 132 valence electrons. The summed E-state index contributed by atoms with van der Waals surface area (Å²) in [5.74, 6) is 0.822. The van der Waals surface area contributed by atoms with E-state index in [0.717, 1.165) is 42.8 Å². The zero-order valence-corrected chi connectivity index (χ0v) is 14.9. The van der Waals surface area contributed by atoms with E-state index in [-0.39, 0.29) is 11.9 Å². The summed E-state index contributed by atoms with van der Waals surface area (Å²) >= 11 is 5.89. The van der Waals surface area contributed by atoms with Crippen LogP contribution in [-0.4, -0.2) is 25.0 Å². The molecule has 25 heavy (non-hydrogen) atoms. The molecular weight excluding hydrogens is 336 g/mol. The fourth-order valence-corrected chi connectivity index (χ4v) is 3.06. The van der Waals surface area contributed by atoms with Crippen LogP contribution in [0.25, 0.3) is 0 Å². The van der Waals surface area contributed by atoms with Crippen LogP contribution < -0.4 is 15.4 Å². The molecule has 2 aromatic carbocycles. The third kappa shape index (κ3) is 5.76. The predicted octanol–water partition coefficient (Wildman–Crippen LogP) is 3.33. The van der Waals surface area contributed by atoms with Crippen molar-refractivity contribution in [1.82, 2.24) is 10.6 Å². The lowest BCUT2D eigenvalue weighted by Gasteiger charge is -2.23. The minimum atomic E-state index is 0.0588. The standard InChI is InChI=1S/C20H23ClN2O2/c21-17-8-6-15(7-9-17)14-25-19-5-1-3-16(11-19)12-20(24)23-18-4-2-10-22-13-18/h1,3,5-9,11,18,22H,2,4,10,12-14H2,(H,23,24). The van der Waals surface area contributed by atoms with Crippen LogP contribution in [0.4, 0.5) is 0 Å². The SMILES string of the molecule is O=C(Cc1cccc(OCc2ccc(Cl)cc2)c1)NC1CCCNC1. The van der Waals surface area contributed by atoms with Gasteiger partial charge < -0.3 is 15.4 Å². The Balaban J connectivity index is 1.51. The fourth-order valence-electron chi connectivity index (χ4n) is 2.93. The van der Waals surface area contributed by atoms with Crippen LogP contribution in [0.15, 0.2) is 48.5 Å². The number of hydrogen-bond acceptors (Lipinski definition) is 3. The molecule has 1 saturated heterocycles. The molecule has 0 spiro atoms. The molecule has 0 aromatic heterocycles. The molecule has 1 heterocycles. The summed E-state index contributed by atoms with van der Waals surface area (Å²) in [7, 11) is 0. The highest BCUT2D eigenvalue weighted by Gasteiger charge is 2.15. The zero-order valence-electron chi connectivity index (χ0n) is 14.1. The summed E-state index contributed by atoms with van der Waals surface area (Å²) in [6.45, 7) is 2.37. The molecule has 0 aliphatic carbocycles. The number of ether oxygens (including phenoxy) is 1. The molecule has 5 heteroatoms. The Morgan fingerprint density at radius 1 is 1.20 bits per heavy atom. The maximum Gasteiger partial charge on any atom is 0.224 e. The van der Waals surface area contributed by atoms with Crippen molar-refractivity contribution in [2.24, 2.45) is 0 Å².